The standard InChI is InChI=1S/C9H14N2O.CO2/c1-4-9(3,12)8-5-6-10-7(2)11-8;2-1-3/h5-6,12H,4H2,1-3H3;. The Labute approximate surface area is 88.2 Å². The molecule has 1 atom stereocenters. The van der Waals surface area contributed by atoms with Crippen LogP contribution in [0.5, 0.6) is 0 Å². The summed E-state index contributed by atoms with van der Waals surface area (Å²) in [6.45, 7) is 5.50. The van der Waals surface area contributed by atoms with Gasteiger partial charge in [-0.15, -0.1) is 0 Å². The minimum absolute atomic E-state index is 0.250. The molecule has 1 rings (SSSR count). The van der Waals surface area contributed by atoms with E-state index in [2.05, 4.69) is 9.97 Å². The molecule has 0 saturated carbocycles. The highest BCUT2D eigenvalue weighted by Gasteiger charge is 2.21. The monoisotopic (exact) mass is 210 g/mol. The molecule has 5 heteroatoms. The second kappa shape index (κ2) is 6.01. The molecule has 0 aliphatic heterocycles. The SMILES string of the molecule is CCC(C)(O)c1ccnc(C)n1.O=C=O. The van der Waals surface area contributed by atoms with Gasteiger partial charge in [0.05, 0.1) is 5.69 Å². The van der Waals surface area contributed by atoms with Crippen molar-refractivity contribution in [2.45, 2.75) is 32.8 Å². The van der Waals surface area contributed by atoms with E-state index < -0.39 is 5.60 Å². The molecule has 0 radical (unpaired) electrons. The summed E-state index contributed by atoms with van der Waals surface area (Å²) >= 11 is 0. The molecular formula is C10H14N2O3. The van der Waals surface area contributed by atoms with Crippen LogP contribution in [0.25, 0.3) is 0 Å². The Morgan fingerprint density at radius 2 is 2.07 bits per heavy atom. The Morgan fingerprint density at radius 1 is 1.53 bits per heavy atom. The summed E-state index contributed by atoms with van der Waals surface area (Å²) in [5.74, 6) is 0.696. The van der Waals surface area contributed by atoms with Gasteiger partial charge in [-0.1, -0.05) is 6.92 Å². The molecule has 15 heavy (non-hydrogen) atoms. The van der Waals surface area contributed by atoms with Crippen LogP contribution < -0.4 is 0 Å². The molecule has 1 aromatic heterocycles. The molecule has 1 heterocycles. The summed E-state index contributed by atoms with van der Waals surface area (Å²) in [5, 5.41) is 9.83. The van der Waals surface area contributed by atoms with Gasteiger partial charge >= 0.3 is 6.15 Å². The van der Waals surface area contributed by atoms with Crippen molar-refractivity contribution in [3.63, 3.8) is 0 Å². The average molecular weight is 210 g/mol. The second-order valence-electron chi connectivity index (χ2n) is 3.20. The minimum Gasteiger partial charge on any atom is -0.384 e. The van der Waals surface area contributed by atoms with E-state index in [1.807, 2.05) is 13.8 Å². The Morgan fingerprint density at radius 3 is 2.47 bits per heavy atom. The average Bonchev–Trinajstić information content (AvgIpc) is 2.19. The number of aryl methyl sites for hydroxylation is 1. The van der Waals surface area contributed by atoms with Crippen LogP contribution in [0.4, 0.5) is 0 Å². The molecule has 0 saturated heterocycles. The molecule has 0 aliphatic rings. The predicted octanol–water partition coefficient (Wildman–Crippen LogP) is 0.819. The van der Waals surface area contributed by atoms with Crippen LogP contribution in [-0.4, -0.2) is 21.2 Å². The summed E-state index contributed by atoms with van der Waals surface area (Å²) in [4.78, 5) is 24.4. The van der Waals surface area contributed by atoms with Gasteiger partial charge in [0, 0.05) is 6.20 Å². The lowest BCUT2D eigenvalue weighted by Gasteiger charge is -2.20. The van der Waals surface area contributed by atoms with Gasteiger partial charge in [0.25, 0.3) is 0 Å². The van der Waals surface area contributed by atoms with Crippen LogP contribution >= 0.6 is 0 Å². The molecule has 1 aromatic rings. The molecule has 0 aliphatic carbocycles. The van der Waals surface area contributed by atoms with E-state index in [1.54, 1.807) is 19.2 Å². The normalized spacial score (nSPS) is 13.1. The first kappa shape index (κ1) is 13.4. The van der Waals surface area contributed by atoms with E-state index in [4.69, 9.17) is 9.59 Å². The van der Waals surface area contributed by atoms with Crippen LogP contribution in [0.15, 0.2) is 12.3 Å². The molecule has 5 nitrogen and oxygen atoms in total. The van der Waals surface area contributed by atoms with Gasteiger partial charge in [0.15, 0.2) is 0 Å². The maximum absolute atomic E-state index is 9.83. The first-order valence-corrected chi connectivity index (χ1v) is 4.49. The van der Waals surface area contributed by atoms with Crippen molar-refractivity contribution in [2.24, 2.45) is 0 Å². The lowest BCUT2D eigenvalue weighted by molar-refractivity contribution is -0.191. The summed E-state index contributed by atoms with van der Waals surface area (Å²) in [6, 6.07) is 1.75. The van der Waals surface area contributed by atoms with Gasteiger partial charge in [0.1, 0.15) is 11.4 Å². The zero-order valence-corrected chi connectivity index (χ0v) is 9.02. The van der Waals surface area contributed by atoms with E-state index in [9.17, 15) is 5.11 Å². The smallest absolute Gasteiger partial charge is 0.373 e. The summed E-state index contributed by atoms with van der Waals surface area (Å²) in [5.41, 5.74) is -0.134. The second-order valence-corrected chi connectivity index (χ2v) is 3.20. The highest BCUT2D eigenvalue weighted by atomic mass is 16.3. The third-order valence-electron chi connectivity index (χ3n) is 2.02. The number of carbonyl (C=O) groups excluding carboxylic acids is 2. The van der Waals surface area contributed by atoms with Crippen molar-refractivity contribution < 1.29 is 14.7 Å². The zero-order chi connectivity index (χ0) is 11.9. The van der Waals surface area contributed by atoms with Gasteiger partial charge in [-0.25, -0.2) is 9.97 Å². The quantitative estimate of drug-likeness (QED) is 0.781. The lowest BCUT2D eigenvalue weighted by atomic mass is 9.99. The maximum atomic E-state index is 9.83. The Hall–Kier alpha value is -1.58. The van der Waals surface area contributed by atoms with E-state index in [1.165, 1.54) is 0 Å². The van der Waals surface area contributed by atoms with Gasteiger partial charge in [-0.3, -0.25) is 0 Å². The molecule has 1 unspecified atom stereocenters. The number of nitrogens with zero attached hydrogens (tertiary/aromatic N) is 2. The minimum atomic E-state index is -0.826. The Balaban J connectivity index is 0.000000583. The molecule has 82 valence electrons. The number of aromatic nitrogens is 2. The van der Waals surface area contributed by atoms with E-state index in [0.29, 0.717) is 17.9 Å². The lowest BCUT2D eigenvalue weighted by Crippen LogP contribution is -2.21. The third kappa shape index (κ3) is 4.44. The molecule has 1 N–H and O–H groups in total. The first-order chi connectivity index (χ1) is 6.97. The van der Waals surface area contributed by atoms with Crippen LogP contribution in [-0.2, 0) is 15.2 Å². The van der Waals surface area contributed by atoms with E-state index in [-0.39, 0.29) is 6.15 Å². The van der Waals surface area contributed by atoms with Crippen molar-refractivity contribution in [3.8, 4) is 0 Å². The van der Waals surface area contributed by atoms with Crippen LogP contribution in [0.2, 0.25) is 0 Å². The summed E-state index contributed by atoms with van der Waals surface area (Å²) in [7, 11) is 0. The van der Waals surface area contributed by atoms with E-state index in [0.717, 1.165) is 0 Å². The zero-order valence-electron chi connectivity index (χ0n) is 9.02. The number of hydrogen-bond acceptors (Lipinski definition) is 5. The fraction of sp³-hybridized carbons (Fsp3) is 0.500. The molecule has 0 aromatic carbocycles. The molecule has 0 spiro atoms. The highest BCUT2D eigenvalue weighted by Crippen LogP contribution is 2.21. The fourth-order valence-corrected chi connectivity index (χ4v) is 0.937. The molecule has 0 bridgehead atoms. The van der Waals surface area contributed by atoms with Crippen LogP contribution in [0.3, 0.4) is 0 Å². The van der Waals surface area contributed by atoms with Crippen LogP contribution in [0, 0.1) is 6.92 Å². The van der Waals surface area contributed by atoms with Crippen LogP contribution in [0.1, 0.15) is 31.8 Å². The number of rotatable bonds is 2. The number of hydrogen-bond donors (Lipinski definition) is 1. The van der Waals surface area contributed by atoms with Crippen molar-refractivity contribution in [1.29, 1.82) is 0 Å². The van der Waals surface area contributed by atoms with E-state index >= 15 is 0 Å². The maximum Gasteiger partial charge on any atom is 0.373 e. The highest BCUT2D eigenvalue weighted by molar-refractivity contribution is 5.20. The first-order valence-electron chi connectivity index (χ1n) is 4.49. The van der Waals surface area contributed by atoms with Gasteiger partial charge in [-0.2, -0.15) is 9.59 Å². The Kier molecular flexibility index (Phi) is 5.37. The summed E-state index contributed by atoms with van der Waals surface area (Å²) < 4.78 is 0. The third-order valence-corrected chi connectivity index (χ3v) is 2.02. The molecule has 0 fully saturated rings. The van der Waals surface area contributed by atoms with Crippen molar-refractivity contribution in [2.75, 3.05) is 0 Å². The topological polar surface area (TPSA) is 80.2 Å². The van der Waals surface area contributed by atoms with Gasteiger partial charge < -0.3 is 5.11 Å². The number of aliphatic hydroxyl groups is 1. The summed E-state index contributed by atoms with van der Waals surface area (Å²) in [6.07, 6.45) is 2.57. The fourth-order valence-electron chi connectivity index (χ4n) is 0.937. The molecule has 0 amide bonds. The van der Waals surface area contributed by atoms with Crippen molar-refractivity contribution in [1.82, 2.24) is 9.97 Å². The Bertz CT molecular complexity index is 344. The van der Waals surface area contributed by atoms with Crippen molar-refractivity contribution >= 4 is 6.15 Å². The predicted molar refractivity (Wildman–Crippen MR) is 51.6 cm³/mol. The van der Waals surface area contributed by atoms with Crippen molar-refractivity contribution in [3.05, 3.63) is 23.8 Å². The van der Waals surface area contributed by atoms with Gasteiger partial charge in [-0.05, 0) is 26.3 Å². The largest absolute Gasteiger partial charge is 0.384 e. The molecular weight excluding hydrogens is 196 g/mol. The van der Waals surface area contributed by atoms with Gasteiger partial charge in [0.2, 0.25) is 0 Å².